The average Bonchev–Trinajstić information content (AvgIpc) is 3.44. The van der Waals surface area contributed by atoms with Gasteiger partial charge in [0, 0.05) is 46.5 Å². The normalized spacial score (nSPS) is 12.0. The van der Waals surface area contributed by atoms with Crippen LogP contribution in [0.3, 0.4) is 0 Å². The summed E-state index contributed by atoms with van der Waals surface area (Å²) in [6.45, 7) is 0.372. The lowest BCUT2D eigenvalue weighted by Crippen LogP contribution is -2.30. The number of amides is 1. The van der Waals surface area contributed by atoms with Crippen molar-refractivity contribution >= 4 is 40.6 Å². The van der Waals surface area contributed by atoms with Crippen molar-refractivity contribution < 1.29 is 4.79 Å². The van der Waals surface area contributed by atoms with Crippen molar-refractivity contribution in [2.75, 3.05) is 6.54 Å². The molecule has 5 rings (SSSR count). The van der Waals surface area contributed by atoms with Gasteiger partial charge in [0.2, 0.25) is 0 Å². The summed E-state index contributed by atoms with van der Waals surface area (Å²) in [7, 11) is 0. The van der Waals surface area contributed by atoms with E-state index in [-0.39, 0.29) is 11.8 Å². The highest BCUT2D eigenvalue weighted by molar-refractivity contribution is 7.71. The van der Waals surface area contributed by atoms with Crippen molar-refractivity contribution in [3.8, 4) is 5.69 Å². The van der Waals surface area contributed by atoms with Gasteiger partial charge in [-0.1, -0.05) is 66.2 Å². The highest BCUT2D eigenvalue weighted by Gasteiger charge is 2.22. The van der Waals surface area contributed by atoms with Gasteiger partial charge in [0.15, 0.2) is 4.77 Å². The predicted octanol–water partition coefficient (Wildman–Crippen LogP) is 6.23. The van der Waals surface area contributed by atoms with Crippen LogP contribution in [-0.4, -0.2) is 27.0 Å². The molecule has 1 atom stereocenters. The number of halogens is 1. The third-order valence-electron chi connectivity index (χ3n) is 5.77. The molecule has 0 bridgehead atoms. The van der Waals surface area contributed by atoms with Crippen LogP contribution in [0.5, 0.6) is 0 Å². The molecule has 2 aromatic heterocycles. The number of para-hydroxylation sites is 2. The van der Waals surface area contributed by atoms with E-state index < -0.39 is 0 Å². The van der Waals surface area contributed by atoms with E-state index in [0.29, 0.717) is 22.0 Å². The number of imidazole rings is 1. The first-order valence-corrected chi connectivity index (χ1v) is 11.4. The summed E-state index contributed by atoms with van der Waals surface area (Å²) in [6, 6.07) is 25.4. The molecular formula is C26H21ClN4OS. The predicted molar refractivity (Wildman–Crippen MR) is 135 cm³/mol. The minimum absolute atomic E-state index is 0.133. The van der Waals surface area contributed by atoms with Crippen LogP contribution in [0.15, 0.2) is 91.3 Å². The van der Waals surface area contributed by atoms with E-state index in [1.807, 2.05) is 79.0 Å². The molecular weight excluding hydrogens is 452 g/mol. The summed E-state index contributed by atoms with van der Waals surface area (Å²) < 4.78 is 2.20. The van der Waals surface area contributed by atoms with E-state index in [0.717, 1.165) is 27.7 Å². The minimum Gasteiger partial charge on any atom is -0.361 e. The summed E-state index contributed by atoms with van der Waals surface area (Å²) in [6.07, 6.45) is 3.63. The van der Waals surface area contributed by atoms with Crippen LogP contribution >= 0.6 is 23.8 Å². The van der Waals surface area contributed by atoms with E-state index in [2.05, 4.69) is 21.4 Å². The molecule has 0 aliphatic rings. The SMILES string of the molecule is O=C(NCC(c1ccccc1Cl)c1c[nH]c2ccccc12)c1c[nH]c(=S)n1-c1ccccc1. The lowest BCUT2D eigenvalue weighted by molar-refractivity contribution is 0.0945. The number of fused-ring (bicyclic) bond motifs is 1. The Balaban J connectivity index is 1.49. The number of benzene rings is 3. The topological polar surface area (TPSA) is 65.6 Å². The second-order valence-corrected chi connectivity index (χ2v) is 8.52. The lowest BCUT2D eigenvalue weighted by atomic mass is 9.90. The first kappa shape index (κ1) is 21.2. The maximum Gasteiger partial charge on any atom is 0.269 e. The smallest absolute Gasteiger partial charge is 0.269 e. The Labute approximate surface area is 201 Å². The monoisotopic (exact) mass is 472 g/mol. The fourth-order valence-electron chi connectivity index (χ4n) is 4.18. The van der Waals surface area contributed by atoms with Crippen molar-refractivity contribution in [1.82, 2.24) is 19.9 Å². The summed E-state index contributed by atoms with van der Waals surface area (Å²) >= 11 is 12.0. The standard InChI is InChI=1S/C26H21ClN4OS/c27-22-12-6-4-10-18(22)20(21-14-28-23-13-7-5-11-19(21)23)15-29-25(32)24-16-30-26(33)31(24)17-8-2-1-3-9-17/h1-14,16,20,28H,15H2,(H,29,32)(H,30,33). The fourth-order valence-corrected chi connectivity index (χ4v) is 4.71. The number of aromatic nitrogens is 3. The molecule has 0 radical (unpaired) electrons. The van der Waals surface area contributed by atoms with Gasteiger partial charge in [-0.25, -0.2) is 0 Å². The zero-order valence-electron chi connectivity index (χ0n) is 17.6. The van der Waals surface area contributed by atoms with Crippen LogP contribution in [0.2, 0.25) is 5.02 Å². The third-order valence-corrected chi connectivity index (χ3v) is 6.41. The molecule has 0 aliphatic carbocycles. The van der Waals surface area contributed by atoms with Gasteiger partial charge in [0.25, 0.3) is 5.91 Å². The minimum atomic E-state index is -0.219. The molecule has 5 nitrogen and oxygen atoms in total. The van der Waals surface area contributed by atoms with Gasteiger partial charge in [0.05, 0.1) is 0 Å². The van der Waals surface area contributed by atoms with E-state index in [9.17, 15) is 4.79 Å². The number of carbonyl (C=O) groups is 1. The average molecular weight is 473 g/mol. The maximum atomic E-state index is 13.3. The Hall–Kier alpha value is -3.61. The Morgan fingerprint density at radius 3 is 2.45 bits per heavy atom. The zero-order valence-corrected chi connectivity index (χ0v) is 19.2. The number of nitrogens with zero attached hydrogens (tertiary/aromatic N) is 1. The summed E-state index contributed by atoms with van der Waals surface area (Å²) in [4.78, 5) is 19.6. The Bertz CT molecular complexity index is 1490. The van der Waals surface area contributed by atoms with Gasteiger partial charge in [-0.3, -0.25) is 9.36 Å². The van der Waals surface area contributed by atoms with Gasteiger partial charge in [-0.15, -0.1) is 0 Å². The number of rotatable bonds is 6. The van der Waals surface area contributed by atoms with Crippen LogP contribution in [0.25, 0.3) is 16.6 Å². The Kier molecular flexibility index (Phi) is 5.86. The molecule has 33 heavy (non-hydrogen) atoms. The van der Waals surface area contributed by atoms with Crippen LogP contribution in [0.4, 0.5) is 0 Å². The third kappa shape index (κ3) is 4.11. The summed E-state index contributed by atoms with van der Waals surface area (Å²) in [5, 5.41) is 4.87. The number of H-pyrrole nitrogens is 2. The number of hydrogen-bond acceptors (Lipinski definition) is 2. The van der Waals surface area contributed by atoms with Crippen LogP contribution in [0.1, 0.15) is 27.5 Å². The molecule has 0 fully saturated rings. The number of hydrogen-bond donors (Lipinski definition) is 3. The molecule has 0 saturated heterocycles. The van der Waals surface area contributed by atoms with Crippen molar-refractivity contribution in [3.63, 3.8) is 0 Å². The van der Waals surface area contributed by atoms with Crippen molar-refractivity contribution in [2.45, 2.75) is 5.92 Å². The molecule has 1 unspecified atom stereocenters. The molecule has 0 saturated carbocycles. The van der Waals surface area contributed by atoms with Crippen molar-refractivity contribution in [3.05, 3.63) is 118 Å². The number of nitrogens with one attached hydrogen (secondary N) is 3. The fraction of sp³-hybridized carbons (Fsp3) is 0.0769. The van der Waals surface area contributed by atoms with Gasteiger partial charge in [-0.05, 0) is 47.6 Å². The first-order chi connectivity index (χ1) is 16.1. The van der Waals surface area contributed by atoms with Gasteiger partial charge in [0.1, 0.15) is 5.69 Å². The van der Waals surface area contributed by atoms with Gasteiger partial charge >= 0.3 is 0 Å². The quantitative estimate of drug-likeness (QED) is 0.256. The Morgan fingerprint density at radius 1 is 0.909 bits per heavy atom. The second-order valence-electron chi connectivity index (χ2n) is 7.72. The molecule has 0 spiro atoms. The highest BCUT2D eigenvalue weighted by atomic mass is 35.5. The Morgan fingerprint density at radius 2 is 1.64 bits per heavy atom. The second kappa shape index (κ2) is 9.10. The maximum absolute atomic E-state index is 13.3. The molecule has 164 valence electrons. The first-order valence-electron chi connectivity index (χ1n) is 10.6. The van der Waals surface area contributed by atoms with Gasteiger partial charge in [-0.2, -0.15) is 0 Å². The molecule has 7 heteroatoms. The van der Waals surface area contributed by atoms with Crippen LogP contribution < -0.4 is 5.32 Å². The molecule has 3 N–H and O–H groups in total. The molecule has 5 aromatic rings. The van der Waals surface area contributed by atoms with E-state index in [4.69, 9.17) is 23.8 Å². The van der Waals surface area contributed by atoms with E-state index >= 15 is 0 Å². The highest BCUT2D eigenvalue weighted by Crippen LogP contribution is 2.34. The number of aromatic amines is 2. The van der Waals surface area contributed by atoms with E-state index in [1.54, 1.807) is 10.8 Å². The van der Waals surface area contributed by atoms with Gasteiger partial charge < -0.3 is 15.3 Å². The van der Waals surface area contributed by atoms with Crippen molar-refractivity contribution in [2.24, 2.45) is 0 Å². The lowest BCUT2D eigenvalue weighted by Gasteiger charge is -2.19. The molecule has 3 aromatic carbocycles. The zero-order chi connectivity index (χ0) is 22.8. The van der Waals surface area contributed by atoms with Crippen LogP contribution in [-0.2, 0) is 0 Å². The van der Waals surface area contributed by atoms with Crippen molar-refractivity contribution in [1.29, 1.82) is 0 Å². The van der Waals surface area contributed by atoms with Crippen LogP contribution in [0, 0.1) is 4.77 Å². The summed E-state index contributed by atoms with van der Waals surface area (Å²) in [5.41, 5.74) is 4.35. The molecule has 2 heterocycles. The van der Waals surface area contributed by atoms with E-state index in [1.165, 1.54) is 0 Å². The molecule has 0 aliphatic heterocycles. The number of carbonyl (C=O) groups excluding carboxylic acids is 1. The molecule has 1 amide bonds. The summed E-state index contributed by atoms with van der Waals surface area (Å²) in [5.74, 6) is -0.353. The largest absolute Gasteiger partial charge is 0.361 e.